The summed E-state index contributed by atoms with van der Waals surface area (Å²) in [6.45, 7) is 9.23. The zero-order valence-corrected chi connectivity index (χ0v) is 19.1. The number of thiazole rings is 1. The van der Waals surface area contributed by atoms with Gasteiger partial charge in [-0.2, -0.15) is 0 Å². The Hall–Kier alpha value is -0.0913. The van der Waals surface area contributed by atoms with Crippen LogP contribution in [-0.2, 0) is 0 Å². The quantitative estimate of drug-likeness (QED) is 0.378. The molecule has 0 saturated carbocycles. The molecule has 0 fully saturated rings. The van der Waals surface area contributed by atoms with Gasteiger partial charge in [-0.3, -0.25) is 0 Å². The molecule has 1 nitrogen and oxygen atoms in total. The third kappa shape index (κ3) is 4.94. The predicted octanol–water partition coefficient (Wildman–Crippen LogP) is 6.66. The van der Waals surface area contributed by atoms with E-state index in [0.29, 0.717) is 0 Å². The van der Waals surface area contributed by atoms with Gasteiger partial charge in [0.05, 0.1) is 0 Å². The van der Waals surface area contributed by atoms with E-state index < -0.39 is 18.4 Å². The fourth-order valence-corrected chi connectivity index (χ4v) is 23.2. The van der Waals surface area contributed by atoms with Crippen LogP contribution in [-0.4, -0.2) is 23.4 Å². The number of aromatic nitrogens is 1. The molecule has 0 spiro atoms. The fraction of sp³-hybridized carbons (Fsp3) is 0.650. The van der Waals surface area contributed by atoms with Crippen molar-refractivity contribution in [3.8, 4) is 0 Å². The third-order valence-electron chi connectivity index (χ3n) is 5.02. The molecule has 0 radical (unpaired) electrons. The van der Waals surface area contributed by atoms with E-state index in [2.05, 4.69) is 57.2 Å². The SMILES string of the molecule is CCC[CH2][Sn]([CH2]CCC)([CH2]CCC)[c]1nc2ccc(C)cc2s1. The van der Waals surface area contributed by atoms with Crippen LogP contribution >= 0.6 is 11.3 Å². The molecule has 0 N–H and O–H groups in total. The van der Waals surface area contributed by atoms with Gasteiger partial charge in [0.15, 0.2) is 0 Å². The monoisotopic (exact) mass is 439 g/mol. The minimum atomic E-state index is -2.32. The summed E-state index contributed by atoms with van der Waals surface area (Å²) in [5.74, 6) is 0. The summed E-state index contributed by atoms with van der Waals surface area (Å²) in [7, 11) is 0. The van der Waals surface area contributed by atoms with Crippen LogP contribution in [0.15, 0.2) is 18.2 Å². The van der Waals surface area contributed by atoms with E-state index in [1.54, 1.807) is 3.02 Å². The Kier molecular flexibility index (Phi) is 7.87. The first-order valence-corrected chi connectivity index (χ1v) is 17.8. The minimum absolute atomic E-state index is 1.25. The number of unbranched alkanes of at least 4 members (excludes halogenated alkanes) is 3. The first kappa shape index (κ1) is 19.2. The topological polar surface area (TPSA) is 12.9 Å². The summed E-state index contributed by atoms with van der Waals surface area (Å²) in [5, 5.41) is 0. The van der Waals surface area contributed by atoms with E-state index in [0.717, 1.165) is 0 Å². The van der Waals surface area contributed by atoms with Crippen LogP contribution in [0.1, 0.15) is 64.9 Å². The van der Waals surface area contributed by atoms with Crippen molar-refractivity contribution in [3.63, 3.8) is 0 Å². The Morgan fingerprint density at radius 1 is 0.913 bits per heavy atom. The molecule has 0 amide bonds. The molecule has 0 atom stereocenters. The number of hydrogen-bond acceptors (Lipinski definition) is 2. The summed E-state index contributed by atoms with van der Waals surface area (Å²) < 4.78 is 7.60. The van der Waals surface area contributed by atoms with Gasteiger partial charge in [-0.15, -0.1) is 0 Å². The summed E-state index contributed by atoms with van der Waals surface area (Å²) in [6, 6.07) is 6.79. The molecule has 0 bridgehead atoms. The van der Waals surface area contributed by atoms with Gasteiger partial charge in [0, 0.05) is 0 Å². The molecule has 1 heterocycles. The molecular weight excluding hydrogens is 405 g/mol. The van der Waals surface area contributed by atoms with Gasteiger partial charge in [0.25, 0.3) is 0 Å². The Balaban J connectivity index is 2.41. The van der Waals surface area contributed by atoms with Crippen LogP contribution in [0, 0.1) is 6.92 Å². The zero-order valence-electron chi connectivity index (χ0n) is 15.5. The Morgan fingerprint density at radius 2 is 1.48 bits per heavy atom. The van der Waals surface area contributed by atoms with Gasteiger partial charge < -0.3 is 0 Å². The maximum absolute atomic E-state index is 5.20. The molecule has 0 aliphatic rings. The standard InChI is InChI=1S/C8H6NS.3C4H9.Sn/c1-6-2-3-7-8(4-6)10-5-9-7;3*1-3-4-2;/h2-4H,1H3;3*1,3-4H2,2H3;. The molecule has 2 aromatic rings. The summed E-state index contributed by atoms with van der Waals surface area (Å²) >= 11 is -0.270. The molecule has 1 aromatic carbocycles. The third-order valence-corrected chi connectivity index (χ3v) is 23.8. The number of benzene rings is 1. The van der Waals surface area contributed by atoms with E-state index in [1.165, 1.54) is 67.6 Å². The van der Waals surface area contributed by atoms with Gasteiger partial charge in [-0.1, -0.05) is 0 Å². The molecule has 0 saturated heterocycles. The van der Waals surface area contributed by atoms with Crippen molar-refractivity contribution in [1.82, 2.24) is 4.98 Å². The van der Waals surface area contributed by atoms with Gasteiger partial charge in [-0.25, -0.2) is 0 Å². The van der Waals surface area contributed by atoms with Crippen LogP contribution in [0.5, 0.6) is 0 Å². The van der Waals surface area contributed by atoms with Crippen LogP contribution < -0.4 is 3.02 Å². The Bertz CT molecular complexity index is 583. The normalized spacial score (nSPS) is 12.2. The van der Waals surface area contributed by atoms with E-state index >= 15 is 0 Å². The van der Waals surface area contributed by atoms with Crippen molar-refractivity contribution in [2.75, 3.05) is 0 Å². The van der Waals surface area contributed by atoms with Crippen LogP contribution in [0.3, 0.4) is 0 Å². The van der Waals surface area contributed by atoms with Crippen LogP contribution in [0.4, 0.5) is 0 Å². The van der Waals surface area contributed by atoms with E-state index in [9.17, 15) is 0 Å². The number of nitrogens with zero attached hydrogens (tertiary/aromatic N) is 1. The first-order chi connectivity index (χ1) is 11.1. The van der Waals surface area contributed by atoms with Crippen LogP contribution in [0.25, 0.3) is 10.2 Å². The van der Waals surface area contributed by atoms with Crippen molar-refractivity contribution in [2.45, 2.75) is 79.5 Å². The molecule has 0 aliphatic heterocycles. The number of rotatable bonds is 10. The number of fused-ring (bicyclic) bond motifs is 1. The van der Waals surface area contributed by atoms with Crippen molar-refractivity contribution in [3.05, 3.63) is 23.8 Å². The second kappa shape index (κ2) is 9.41. The molecule has 0 aliphatic carbocycles. The van der Waals surface area contributed by atoms with E-state index in [-0.39, 0.29) is 0 Å². The molecular formula is C20H33NSSn. The van der Waals surface area contributed by atoms with Crippen molar-refractivity contribution in [1.29, 1.82) is 0 Å². The number of aryl methyl sites for hydroxylation is 1. The Labute approximate surface area is 150 Å². The molecule has 1 aromatic heterocycles. The van der Waals surface area contributed by atoms with Gasteiger partial charge in [0.1, 0.15) is 0 Å². The average Bonchev–Trinajstić information content (AvgIpc) is 2.98. The summed E-state index contributed by atoms with van der Waals surface area (Å²) in [4.78, 5) is 5.20. The first-order valence-electron chi connectivity index (χ1n) is 9.53. The molecule has 3 heteroatoms. The average molecular weight is 438 g/mol. The summed E-state index contributed by atoms with van der Waals surface area (Å²) in [6.07, 6.45) is 8.25. The van der Waals surface area contributed by atoms with Crippen LogP contribution in [0.2, 0.25) is 13.3 Å². The molecule has 0 unspecified atom stereocenters. The van der Waals surface area contributed by atoms with Gasteiger partial charge >= 0.3 is 151 Å². The summed E-state index contributed by atoms with van der Waals surface area (Å²) in [5.41, 5.74) is 2.62. The molecule has 128 valence electrons. The van der Waals surface area contributed by atoms with Crippen molar-refractivity contribution < 1.29 is 0 Å². The van der Waals surface area contributed by atoms with Gasteiger partial charge in [0.2, 0.25) is 0 Å². The van der Waals surface area contributed by atoms with Gasteiger partial charge in [-0.05, 0) is 0 Å². The van der Waals surface area contributed by atoms with Crippen molar-refractivity contribution >= 4 is 43.0 Å². The van der Waals surface area contributed by atoms with E-state index in [4.69, 9.17) is 4.98 Å². The molecule has 2 rings (SSSR count). The van der Waals surface area contributed by atoms with E-state index in [1.807, 2.05) is 0 Å². The Morgan fingerprint density at radius 3 is 2.00 bits per heavy atom. The molecule has 23 heavy (non-hydrogen) atoms. The fourth-order valence-electron chi connectivity index (χ4n) is 3.50. The zero-order chi connectivity index (χ0) is 16.7. The number of hydrogen-bond donors (Lipinski definition) is 0. The maximum atomic E-state index is 5.20. The van der Waals surface area contributed by atoms with Crippen molar-refractivity contribution in [2.24, 2.45) is 0 Å². The second-order valence-corrected chi connectivity index (χ2v) is 22.1. The predicted molar refractivity (Wildman–Crippen MR) is 109 cm³/mol. The second-order valence-electron chi connectivity index (χ2n) is 7.08.